The minimum atomic E-state index is 0.186. The largest absolute Gasteiger partial charge is 0.380 e. The molecule has 1 aliphatic heterocycles. The second-order valence-electron chi connectivity index (χ2n) is 4.91. The highest BCUT2D eigenvalue weighted by molar-refractivity contribution is 4.93. The Hall–Kier alpha value is -0.120. The number of likely N-dealkylation sites (tertiary alicyclic amines) is 1. The number of methoxy groups -OCH3 is 1. The van der Waals surface area contributed by atoms with E-state index >= 15 is 0 Å². The summed E-state index contributed by atoms with van der Waals surface area (Å²) in [5.41, 5.74) is 6.38. The van der Waals surface area contributed by atoms with Crippen LogP contribution < -0.4 is 5.73 Å². The molecule has 1 aliphatic carbocycles. The van der Waals surface area contributed by atoms with Crippen LogP contribution in [0.5, 0.6) is 0 Å². The lowest BCUT2D eigenvalue weighted by molar-refractivity contribution is 0.105. The molecule has 0 radical (unpaired) electrons. The summed E-state index contributed by atoms with van der Waals surface area (Å²) in [5.74, 6) is 0. The fourth-order valence-electron chi connectivity index (χ4n) is 2.45. The maximum Gasteiger partial charge on any atom is 0.0710 e. The molecule has 2 aliphatic rings. The van der Waals surface area contributed by atoms with Crippen molar-refractivity contribution in [2.75, 3.05) is 26.7 Å². The molecule has 0 aromatic rings. The van der Waals surface area contributed by atoms with Crippen LogP contribution in [0.2, 0.25) is 0 Å². The van der Waals surface area contributed by atoms with Gasteiger partial charge in [-0.2, -0.15) is 0 Å². The number of hydrogen-bond donors (Lipinski definition) is 1. The van der Waals surface area contributed by atoms with Gasteiger partial charge in [0.1, 0.15) is 0 Å². The molecule has 1 saturated heterocycles. The predicted molar refractivity (Wildman–Crippen MR) is 57.2 cm³/mol. The zero-order valence-electron chi connectivity index (χ0n) is 9.17. The molecule has 0 spiro atoms. The molecule has 1 unspecified atom stereocenters. The number of nitrogens with two attached hydrogens (primary N) is 1. The molecule has 82 valence electrons. The van der Waals surface area contributed by atoms with Crippen LogP contribution >= 0.6 is 0 Å². The second kappa shape index (κ2) is 4.17. The quantitative estimate of drug-likeness (QED) is 0.732. The van der Waals surface area contributed by atoms with E-state index in [1.54, 1.807) is 0 Å². The zero-order valence-corrected chi connectivity index (χ0v) is 9.17. The lowest BCUT2D eigenvalue weighted by atomic mass is 9.75. The van der Waals surface area contributed by atoms with E-state index in [-0.39, 0.29) is 5.54 Å². The summed E-state index contributed by atoms with van der Waals surface area (Å²) in [6.45, 7) is 3.46. The van der Waals surface area contributed by atoms with Gasteiger partial charge in [0, 0.05) is 25.7 Å². The van der Waals surface area contributed by atoms with Crippen LogP contribution in [0.3, 0.4) is 0 Å². The molecular formula is C11H22N2O. The summed E-state index contributed by atoms with van der Waals surface area (Å²) < 4.78 is 5.34. The Morgan fingerprint density at radius 2 is 2.29 bits per heavy atom. The summed E-state index contributed by atoms with van der Waals surface area (Å²) in [6.07, 6.45) is 6.61. The molecule has 2 rings (SSSR count). The Kier molecular flexibility index (Phi) is 3.10. The van der Waals surface area contributed by atoms with Gasteiger partial charge in [0.25, 0.3) is 0 Å². The fourth-order valence-corrected chi connectivity index (χ4v) is 2.45. The Bertz CT molecular complexity index is 192. The Morgan fingerprint density at radius 1 is 1.50 bits per heavy atom. The smallest absolute Gasteiger partial charge is 0.0710 e. The van der Waals surface area contributed by atoms with Crippen molar-refractivity contribution in [3.05, 3.63) is 0 Å². The van der Waals surface area contributed by atoms with E-state index in [2.05, 4.69) is 4.90 Å². The molecule has 2 fully saturated rings. The highest BCUT2D eigenvalue weighted by Crippen LogP contribution is 2.32. The second-order valence-corrected chi connectivity index (χ2v) is 4.91. The van der Waals surface area contributed by atoms with Crippen LogP contribution in [0.15, 0.2) is 0 Å². The van der Waals surface area contributed by atoms with Crippen molar-refractivity contribution in [1.29, 1.82) is 0 Å². The van der Waals surface area contributed by atoms with E-state index in [4.69, 9.17) is 10.5 Å². The molecular weight excluding hydrogens is 176 g/mol. The van der Waals surface area contributed by atoms with E-state index in [0.717, 1.165) is 13.1 Å². The lowest BCUT2D eigenvalue weighted by Crippen LogP contribution is -2.48. The molecule has 2 N–H and O–H groups in total. The van der Waals surface area contributed by atoms with E-state index in [1.807, 2.05) is 7.11 Å². The highest BCUT2D eigenvalue weighted by Gasteiger charge is 2.33. The first-order valence-electron chi connectivity index (χ1n) is 5.76. The van der Waals surface area contributed by atoms with Gasteiger partial charge in [-0.1, -0.05) is 0 Å². The van der Waals surface area contributed by atoms with E-state index in [1.165, 1.54) is 38.6 Å². The number of hydrogen-bond acceptors (Lipinski definition) is 3. The van der Waals surface area contributed by atoms with Crippen LogP contribution in [0.1, 0.15) is 32.1 Å². The third kappa shape index (κ3) is 2.27. The predicted octanol–water partition coefficient (Wildman–Crippen LogP) is 0.979. The zero-order chi connectivity index (χ0) is 10.0. The van der Waals surface area contributed by atoms with Gasteiger partial charge < -0.3 is 15.4 Å². The molecule has 1 saturated carbocycles. The Morgan fingerprint density at radius 3 is 2.79 bits per heavy atom. The summed E-state index contributed by atoms with van der Waals surface area (Å²) in [4.78, 5) is 2.49. The van der Waals surface area contributed by atoms with E-state index < -0.39 is 0 Å². The molecule has 0 aromatic carbocycles. The highest BCUT2D eigenvalue weighted by atomic mass is 16.5. The molecule has 1 atom stereocenters. The monoisotopic (exact) mass is 198 g/mol. The molecule has 0 aromatic heterocycles. The first-order chi connectivity index (χ1) is 6.72. The molecule has 0 bridgehead atoms. The van der Waals surface area contributed by atoms with Gasteiger partial charge >= 0.3 is 0 Å². The summed E-state index contributed by atoms with van der Waals surface area (Å²) in [7, 11) is 1.81. The first kappa shape index (κ1) is 10.4. The van der Waals surface area contributed by atoms with Crippen LogP contribution in [-0.2, 0) is 4.74 Å². The SMILES string of the molecule is COC1CCN(CCC2(N)CCC2)C1. The van der Waals surface area contributed by atoms with Gasteiger partial charge in [-0.15, -0.1) is 0 Å². The van der Waals surface area contributed by atoms with Crippen molar-refractivity contribution < 1.29 is 4.74 Å². The van der Waals surface area contributed by atoms with Crippen LogP contribution in [0.25, 0.3) is 0 Å². The number of nitrogens with zero attached hydrogens (tertiary/aromatic N) is 1. The Balaban J connectivity index is 1.66. The van der Waals surface area contributed by atoms with Crippen molar-refractivity contribution in [2.24, 2.45) is 5.73 Å². The molecule has 14 heavy (non-hydrogen) atoms. The molecule has 3 nitrogen and oxygen atoms in total. The van der Waals surface area contributed by atoms with Crippen LogP contribution in [-0.4, -0.2) is 43.3 Å². The maximum atomic E-state index is 6.19. The van der Waals surface area contributed by atoms with E-state index in [9.17, 15) is 0 Å². The third-order valence-corrected chi connectivity index (χ3v) is 3.84. The van der Waals surface area contributed by atoms with Gasteiger partial charge in [-0.3, -0.25) is 0 Å². The molecule has 3 heteroatoms. The van der Waals surface area contributed by atoms with Crippen LogP contribution in [0.4, 0.5) is 0 Å². The average molecular weight is 198 g/mol. The molecule has 0 amide bonds. The number of rotatable bonds is 4. The van der Waals surface area contributed by atoms with E-state index in [0.29, 0.717) is 6.10 Å². The van der Waals surface area contributed by atoms with Gasteiger partial charge in [-0.25, -0.2) is 0 Å². The lowest BCUT2D eigenvalue weighted by Gasteiger charge is -2.39. The first-order valence-corrected chi connectivity index (χ1v) is 5.76. The van der Waals surface area contributed by atoms with Gasteiger partial charge in [0.15, 0.2) is 0 Å². The minimum absolute atomic E-state index is 0.186. The minimum Gasteiger partial charge on any atom is -0.380 e. The van der Waals surface area contributed by atoms with Gasteiger partial charge in [0.05, 0.1) is 6.10 Å². The van der Waals surface area contributed by atoms with Crippen molar-refractivity contribution in [2.45, 2.75) is 43.7 Å². The van der Waals surface area contributed by atoms with Gasteiger partial charge in [0.2, 0.25) is 0 Å². The normalized spacial score (nSPS) is 31.7. The fraction of sp³-hybridized carbons (Fsp3) is 1.00. The van der Waals surface area contributed by atoms with Crippen molar-refractivity contribution in [1.82, 2.24) is 4.90 Å². The van der Waals surface area contributed by atoms with Crippen molar-refractivity contribution >= 4 is 0 Å². The summed E-state index contributed by atoms with van der Waals surface area (Å²) in [6, 6.07) is 0. The third-order valence-electron chi connectivity index (χ3n) is 3.84. The molecule has 1 heterocycles. The van der Waals surface area contributed by atoms with Crippen LogP contribution in [0, 0.1) is 0 Å². The summed E-state index contributed by atoms with van der Waals surface area (Å²) in [5, 5.41) is 0. The van der Waals surface area contributed by atoms with Crippen molar-refractivity contribution in [3.8, 4) is 0 Å². The summed E-state index contributed by atoms with van der Waals surface area (Å²) >= 11 is 0. The van der Waals surface area contributed by atoms with Crippen molar-refractivity contribution in [3.63, 3.8) is 0 Å². The standard InChI is InChI=1S/C11H22N2O/c1-14-10-3-7-13(9-10)8-6-11(12)4-2-5-11/h10H,2-9,12H2,1H3. The van der Waals surface area contributed by atoms with Gasteiger partial charge in [-0.05, 0) is 38.6 Å². The number of ether oxygens (including phenoxy) is 1. The maximum absolute atomic E-state index is 6.19. The topological polar surface area (TPSA) is 38.5 Å². The Labute approximate surface area is 86.6 Å². The average Bonchev–Trinajstić information content (AvgIpc) is 2.59.